The number of halogens is 2. The highest BCUT2D eigenvalue weighted by Crippen LogP contribution is 2.36. The van der Waals surface area contributed by atoms with Gasteiger partial charge in [0.25, 0.3) is 0 Å². The van der Waals surface area contributed by atoms with Gasteiger partial charge in [-0.05, 0) is 89.5 Å². The first-order valence-electron chi connectivity index (χ1n) is 14.0. The maximum Gasteiger partial charge on any atom is 0.494 e. The van der Waals surface area contributed by atoms with Crippen LogP contribution in [0.2, 0.25) is 0 Å². The summed E-state index contributed by atoms with van der Waals surface area (Å²) in [5.41, 5.74) is 3.85. The first-order chi connectivity index (χ1) is 20.0. The van der Waals surface area contributed by atoms with Gasteiger partial charge >= 0.3 is 7.12 Å². The van der Waals surface area contributed by atoms with Gasteiger partial charge in [0, 0.05) is 38.2 Å². The third-order valence-electron chi connectivity index (χ3n) is 7.80. The van der Waals surface area contributed by atoms with E-state index in [1.807, 2.05) is 46.0 Å². The SMILES string of the molecule is Brc1ccc2[nH]ncc2c1.CCn1ncc2cc(B3OC(C)(C)C(C)(C)O3)ccc21.CCn1ncc2cc(Br)ccc21. The molecule has 0 bridgehead atoms. The minimum atomic E-state index is -0.311. The molecule has 1 N–H and O–H groups in total. The van der Waals surface area contributed by atoms with Gasteiger partial charge in [0.05, 0.1) is 46.3 Å². The maximum atomic E-state index is 6.08. The van der Waals surface area contributed by atoms with Crippen LogP contribution in [0.4, 0.5) is 0 Å². The van der Waals surface area contributed by atoms with E-state index < -0.39 is 0 Å². The Labute approximate surface area is 263 Å². The molecule has 3 aromatic heterocycles. The molecular weight excluding hydrogens is 659 g/mol. The van der Waals surface area contributed by atoms with E-state index in [0.717, 1.165) is 49.3 Å². The van der Waals surface area contributed by atoms with Crippen molar-refractivity contribution in [3.63, 3.8) is 0 Å². The zero-order valence-electron chi connectivity index (χ0n) is 24.7. The molecule has 0 radical (unpaired) electrons. The molecule has 7 rings (SSSR count). The second-order valence-electron chi connectivity index (χ2n) is 11.1. The summed E-state index contributed by atoms with van der Waals surface area (Å²) in [4.78, 5) is 0. The Hall–Kier alpha value is -2.99. The normalized spacial score (nSPS) is 15.5. The Bertz CT molecular complexity index is 1810. The number of H-pyrrole nitrogens is 1. The van der Waals surface area contributed by atoms with Crippen molar-refractivity contribution in [2.24, 2.45) is 0 Å². The second-order valence-corrected chi connectivity index (χ2v) is 13.0. The van der Waals surface area contributed by atoms with Gasteiger partial charge in [0.1, 0.15) is 0 Å². The Kier molecular flexibility index (Phi) is 8.94. The molecule has 0 unspecified atom stereocenters. The van der Waals surface area contributed by atoms with Crippen molar-refractivity contribution < 1.29 is 9.31 Å². The lowest BCUT2D eigenvalue weighted by atomic mass is 9.79. The summed E-state index contributed by atoms with van der Waals surface area (Å²) in [6.07, 6.45) is 5.59. The van der Waals surface area contributed by atoms with Gasteiger partial charge in [-0.1, -0.05) is 44.0 Å². The number of hydrogen-bond acceptors (Lipinski definition) is 5. The number of nitrogens with zero attached hydrogens (tertiary/aromatic N) is 5. The zero-order chi connectivity index (χ0) is 30.1. The molecule has 6 aromatic rings. The molecule has 0 atom stereocenters. The van der Waals surface area contributed by atoms with Crippen LogP contribution in [0.5, 0.6) is 0 Å². The molecular formula is C31H35BBr2N6O2. The predicted molar refractivity (Wildman–Crippen MR) is 178 cm³/mol. The van der Waals surface area contributed by atoms with E-state index in [-0.39, 0.29) is 18.3 Å². The monoisotopic (exact) mass is 692 g/mol. The number of rotatable bonds is 3. The van der Waals surface area contributed by atoms with Crippen LogP contribution < -0.4 is 5.46 Å². The summed E-state index contributed by atoms with van der Waals surface area (Å²) in [6, 6.07) is 18.5. The molecule has 3 aromatic carbocycles. The summed E-state index contributed by atoms with van der Waals surface area (Å²) in [5.74, 6) is 0. The smallest absolute Gasteiger partial charge is 0.399 e. The molecule has 4 heterocycles. The number of benzene rings is 3. The number of hydrogen-bond donors (Lipinski definition) is 1. The summed E-state index contributed by atoms with van der Waals surface area (Å²) >= 11 is 6.80. The molecule has 0 spiro atoms. The molecule has 42 heavy (non-hydrogen) atoms. The third-order valence-corrected chi connectivity index (χ3v) is 8.78. The molecule has 0 amide bonds. The van der Waals surface area contributed by atoms with E-state index in [9.17, 15) is 0 Å². The van der Waals surface area contributed by atoms with Crippen molar-refractivity contribution in [2.45, 2.75) is 65.8 Å². The summed E-state index contributed by atoms with van der Waals surface area (Å²) < 4.78 is 18.3. The summed E-state index contributed by atoms with van der Waals surface area (Å²) in [7, 11) is -0.311. The van der Waals surface area contributed by atoms with Gasteiger partial charge < -0.3 is 9.31 Å². The Balaban J connectivity index is 0.000000136. The van der Waals surface area contributed by atoms with E-state index in [0.29, 0.717) is 0 Å². The molecule has 8 nitrogen and oxygen atoms in total. The summed E-state index contributed by atoms with van der Waals surface area (Å²) in [6.45, 7) is 14.3. The average molecular weight is 694 g/mol. The van der Waals surface area contributed by atoms with E-state index >= 15 is 0 Å². The molecule has 1 fully saturated rings. The van der Waals surface area contributed by atoms with Gasteiger partial charge in [-0.2, -0.15) is 15.3 Å². The quantitative estimate of drug-likeness (QED) is 0.194. The fraction of sp³-hybridized carbons (Fsp3) is 0.323. The van der Waals surface area contributed by atoms with Crippen LogP contribution in [0, 0.1) is 0 Å². The van der Waals surface area contributed by atoms with Gasteiger partial charge in [-0.25, -0.2) is 0 Å². The highest BCUT2D eigenvalue weighted by atomic mass is 79.9. The largest absolute Gasteiger partial charge is 0.494 e. The molecule has 1 aliphatic rings. The van der Waals surface area contributed by atoms with E-state index in [1.165, 1.54) is 10.9 Å². The van der Waals surface area contributed by atoms with Gasteiger partial charge in [-0.15, -0.1) is 0 Å². The predicted octanol–water partition coefficient (Wildman–Crippen LogP) is 7.50. The van der Waals surface area contributed by atoms with Crippen molar-refractivity contribution in [3.8, 4) is 0 Å². The van der Waals surface area contributed by atoms with Crippen LogP contribution >= 0.6 is 31.9 Å². The van der Waals surface area contributed by atoms with Crippen molar-refractivity contribution in [1.29, 1.82) is 0 Å². The van der Waals surface area contributed by atoms with Gasteiger partial charge in [-0.3, -0.25) is 14.5 Å². The number of aromatic amines is 1. The maximum absolute atomic E-state index is 6.08. The number of fused-ring (bicyclic) bond motifs is 3. The number of aromatic nitrogens is 6. The first-order valence-corrected chi connectivity index (χ1v) is 15.6. The Morgan fingerprint density at radius 2 is 1.24 bits per heavy atom. The minimum Gasteiger partial charge on any atom is -0.399 e. The molecule has 1 aliphatic heterocycles. The molecule has 0 aliphatic carbocycles. The van der Waals surface area contributed by atoms with E-state index in [4.69, 9.17) is 9.31 Å². The molecule has 218 valence electrons. The van der Waals surface area contributed by atoms with Crippen LogP contribution in [0.25, 0.3) is 32.7 Å². The van der Waals surface area contributed by atoms with E-state index in [2.05, 4.69) is 124 Å². The average Bonchev–Trinajstić information content (AvgIpc) is 3.73. The Morgan fingerprint density at radius 3 is 1.83 bits per heavy atom. The number of aryl methyl sites for hydroxylation is 2. The molecule has 11 heteroatoms. The zero-order valence-corrected chi connectivity index (χ0v) is 27.9. The fourth-order valence-electron chi connectivity index (χ4n) is 4.71. The Morgan fingerprint density at radius 1 is 0.714 bits per heavy atom. The highest BCUT2D eigenvalue weighted by molar-refractivity contribution is 9.10. The van der Waals surface area contributed by atoms with Crippen LogP contribution in [-0.2, 0) is 22.4 Å². The van der Waals surface area contributed by atoms with Gasteiger partial charge in [0.2, 0.25) is 0 Å². The second kappa shape index (κ2) is 12.3. The van der Waals surface area contributed by atoms with Crippen LogP contribution in [0.1, 0.15) is 41.5 Å². The van der Waals surface area contributed by atoms with Crippen LogP contribution in [0.3, 0.4) is 0 Å². The van der Waals surface area contributed by atoms with E-state index in [1.54, 1.807) is 6.20 Å². The van der Waals surface area contributed by atoms with Crippen LogP contribution in [-0.4, -0.2) is 48.1 Å². The highest BCUT2D eigenvalue weighted by Gasteiger charge is 2.51. The third kappa shape index (κ3) is 6.34. The topological polar surface area (TPSA) is 82.8 Å². The van der Waals surface area contributed by atoms with Crippen molar-refractivity contribution in [3.05, 3.63) is 82.1 Å². The lowest BCUT2D eigenvalue weighted by molar-refractivity contribution is 0.00578. The lowest BCUT2D eigenvalue weighted by Gasteiger charge is -2.32. The lowest BCUT2D eigenvalue weighted by Crippen LogP contribution is -2.41. The molecule has 0 saturated carbocycles. The van der Waals surface area contributed by atoms with Crippen molar-refractivity contribution in [1.82, 2.24) is 29.8 Å². The molecule has 1 saturated heterocycles. The van der Waals surface area contributed by atoms with Crippen molar-refractivity contribution >= 4 is 77.1 Å². The summed E-state index contributed by atoms with van der Waals surface area (Å²) in [5, 5.41) is 18.8. The minimum absolute atomic E-state index is 0.305. The standard InChI is InChI=1S/C15H21BN2O2.C9H9BrN2.C7H5BrN2/c1-6-18-13-8-7-12(9-11(13)10-17-18)16-19-14(2,3)15(4,5)20-16;1-2-12-9-4-3-8(10)5-7(9)6-11-12;8-6-1-2-7-5(3-6)4-9-10-7/h7-10H,6H2,1-5H3;3-6H,2H2,1H3;1-4H,(H,9,10). The van der Waals surface area contributed by atoms with Crippen LogP contribution in [0.15, 0.2) is 82.1 Å². The number of nitrogens with one attached hydrogen (secondary N) is 1. The van der Waals surface area contributed by atoms with Crippen molar-refractivity contribution in [2.75, 3.05) is 0 Å². The first kappa shape index (κ1) is 30.5. The van der Waals surface area contributed by atoms with Gasteiger partial charge in [0.15, 0.2) is 0 Å². The fourth-order valence-corrected chi connectivity index (χ4v) is 5.46.